The van der Waals surface area contributed by atoms with E-state index in [1.165, 1.54) is 0 Å². The quantitative estimate of drug-likeness (QED) is 0.781. The Labute approximate surface area is 94.6 Å². The molecule has 1 saturated heterocycles. The second-order valence-corrected chi connectivity index (χ2v) is 4.34. The van der Waals surface area contributed by atoms with E-state index in [-0.39, 0.29) is 11.7 Å². The van der Waals surface area contributed by atoms with Gasteiger partial charge in [0.1, 0.15) is 0 Å². The lowest BCUT2D eigenvalue weighted by atomic mass is 9.90. The summed E-state index contributed by atoms with van der Waals surface area (Å²) >= 11 is 5.86. The molecule has 1 aromatic carbocycles. The lowest BCUT2D eigenvalue weighted by Gasteiger charge is -2.21. The molecule has 0 bridgehead atoms. The standard InChI is InChI=1S/C12H14ClNO/c13-11-3-1-2-10(8-11)12(15)9-4-6-14-7-5-9/h1-3,8-9,14H,4-7H2. The zero-order chi connectivity index (χ0) is 10.7. The molecule has 15 heavy (non-hydrogen) atoms. The van der Waals surface area contributed by atoms with Gasteiger partial charge in [-0.15, -0.1) is 0 Å². The summed E-state index contributed by atoms with van der Waals surface area (Å²) in [4.78, 5) is 12.1. The van der Waals surface area contributed by atoms with Crippen LogP contribution in [0.4, 0.5) is 0 Å². The van der Waals surface area contributed by atoms with E-state index in [0.29, 0.717) is 5.02 Å². The van der Waals surface area contributed by atoms with Crippen molar-refractivity contribution in [2.75, 3.05) is 13.1 Å². The second-order valence-electron chi connectivity index (χ2n) is 3.90. The smallest absolute Gasteiger partial charge is 0.166 e. The highest BCUT2D eigenvalue weighted by Crippen LogP contribution is 2.20. The SMILES string of the molecule is O=C(c1cccc(Cl)c1)C1CCNCC1. The van der Waals surface area contributed by atoms with Gasteiger partial charge in [-0.1, -0.05) is 23.7 Å². The van der Waals surface area contributed by atoms with Gasteiger partial charge in [0.25, 0.3) is 0 Å². The summed E-state index contributed by atoms with van der Waals surface area (Å²) in [7, 11) is 0. The molecule has 1 aliphatic rings. The average Bonchev–Trinajstić information content (AvgIpc) is 2.29. The summed E-state index contributed by atoms with van der Waals surface area (Å²) in [6, 6.07) is 7.22. The van der Waals surface area contributed by atoms with E-state index in [1.807, 2.05) is 12.1 Å². The van der Waals surface area contributed by atoms with Crippen molar-refractivity contribution in [3.05, 3.63) is 34.9 Å². The second kappa shape index (κ2) is 4.77. The van der Waals surface area contributed by atoms with Crippen LogP contribution in [0.2, 0.25) is 5.02 Å². The van der Waals surface area contributed by atoms with Crippen molar-refractivity contribution in [3.63, 3.8) is 0 Å². The van der Waals surface area contributed by atoms with Gasteiger partial charge in [-0.25, -0.2) is 0 Å². The molecule has 1 heterocycles. The van der Waals surface area contributed by atoms with Gasteiger partial charge in [-0.3, -0.25) is 4.79 Å². The van der Waals surface area contributed by atoms with E-state index in [1.54, 1.807) is 12.1 Å². The molecule has 0 aliphatic carbocycles. The Morgan fingerprint density at radius 2 is 2.07 bits per heavy atom. The van der Waals surface area contributed by atoms with Crippen LogP contribution >= 0.6 is 11.6 Å². The van der Waals surface area contributed by atoms with E-state index in [0.717, 1.165) is 31.5 Å². The average molecular weight is 224 g/mol. The van der Waals surface area contributed by atoms with Crippen LogP contribution in [-0.4, -0.2) is 18.9 Å². The maximum Gasteiger partial charge on any atom is 0.166 e. The highest BCUT2D eigenvalue weighted by Gasteiger charge is 2.21. The summed E-state index contributed by atoms with van der Waals surface area (Å²) in [6.45, 7) is 1.88. The Balaban J connectivity index is 2.12. The Morgan fingerprint density at radius 3 is 2.73 bits per heavy atom. The van der Waals surface area contributed by atoms with Crippen LogP contribution in [0.3, 0.4) is 0 Å². The van der Waals surface area contributed by atoms with Crippen LogP contribution < -0.4 is 5.32 Å². The minimum absolute atomic E-state index is 0.171. The number of rotatable bonds is 2. The number of hydrogen-bond acceptors (Lipinski definition) is 2. The third kappa shape index (κ3) is 2.58. The lowest BCUT2D eigenvalue weighted by molar-refractivity contribution is 0.0895. The Morgan fingerprint density at radius 1 is 1.33 bits per heavy atom. The summed E-state index contributed by atoms with van der Waals surface area (Å²) in [5.74, 6) is 0.406. The maximum atomic E-state index is 12.1. The van der Waals surface area contributed by atoms with Crippen LogP contribution in [0.5, 0.6) is 0 Å². The van der Waals surface area contributed by atoms with Gasteiger partial charge in [0.2, 0.25) is 0 Å². The number of hydrogen-bond donors (Lipinski definition) is 1. The van der Waals surface area contributed by atoms with E-state index < -0.39 is 0 Å². The number of ketones is 1. The number of piperidine rings is 1. The zero-order valence-corrected chi connectivity index (χ0v) is 9.26. The molecular weight excluding hydrogens is 210 g/mol. The maximum absolute atomic E-state index is 12.1. The van der Waals surface area contributed by atoms with Crippen molar-refractivity contribution in [3.8, 4) is 0 Å². The zero-order valence-electron chi connectivity index (χ0n) is 8.50. The van der Waals surface area contributed by atoms with Crippen LogP contribution in [0, 0.1) is 5.92 Å². The van der Waals surface area contributed by atoms with Crippen molar-refractivity contribution in [1.82, 2.24) is 5.32 Å². The molecule has 2 nitrogen and oxygen atoms in total. The van der Waals surface area contributed by atoms with Crippen molar-refractivity contribution in [2.24, 2.45) is 5.92 Å². The highest BCUT2D eigenvalue weighted by molar-refractivity contribution is 6.31. The summed E-state index contributed by atoms with van der Waals surface area (Å²) in [5.41, 5.74) is 0.745. The molecule has 1 aliphatic heterocycles. The van der Waals surface area contributed by atoms with Gasteiger partial charge in [0.15, 0.2) is 5.78 Å². The van der Waals surface area contributed by atoms with Gasteiger partial charge in [-0.2, -0.15) is 0 Å². The molecule has 80 valence electrons. The van der Waals surface area contributed by atoms with Gasteiger partial charge in [0, 0.05) is 16.5 Å². The van der Waals surface area contributed by atoms with E-state index in [2.05, 4.69) is 5.32 Å². The number of Topliss-reactive ketones (excluding diaryl/α,β-unsaturated/α-hetero) is 1. The fraction of sp³-hybridized carbons (Fsp3) is 0.417. The number of halogens is 1. The van der Waals surface area contributed by atoms with Crippen molar-refractivity contribution in [2.45, 2.75) is 12.8 Å². The highest BCUT2D eigenvalue weighted by atomic mass is 35.5. The molecule has 1 fully saturated rings. The number of carbonyl (C=O) groups is 1. The molecule has 0 unspecified atom stereocenters. The van der Waals surface area contributed by atoms with Crippen molar-refractivity contribution >= 4 is 17.4 Å². The van der Waals surface area contributed by atoms with E-state index in [4.69, 9.17) is 11.6 Å². The molecule has 0 radical (unpaired) electrons. The van der Waals surface area contributed by atoms with Crippen LogP contribution in [0.25, 0.3) is 0 Å². The molecule has 0 atom stereocenters. The fourth-order valence-corrected chi connectivity index (χ4v) is 2.15. The van der Waals surface area contributed by atoms with E-state index >= 15 is 0 Å². The lowest BCUT2D eigenvalue weighted by Crippen LogP contribution is -2.31. The number of benzene rings is 1. The summed E-state index contributed by atoms with van der Waals surface area (Å²) in [6.07, 6.45) is 1.87. The minimum Gasteiger partial charge on any atom is -0.317 e. The normalized spacial score (nSPS) is 17.7. The Kier molecular flexibility index (Phi) is 3.39. The largest absolute Gasteiger partial charge is 0.317 e. The van der Waals surface area contributed by atoms with Gasteiger partial charge in [0.05, 0.1) is 0 Å². The first kappa shape index (κ1) is 10.7. The first-order valence-corrected chi connectivity index (χ1v) is 5.65. The fourth-order valence-electron chi connectivity index (χ4n) is 1.96. The summed E-state index contributed by atoms with van der Waals surface area (Å²) < 4.78 is 0. The predicted molar refractivity (Wildman–Crippen MR) is 61.4 cm³/mol. The predicted octanol–water partition coefficient (Wildman–Crippen LogP) is 2.52. The van der Waals surface area contributed by atoms with Gasteiger partial charge in [-0.05, 0) is 38.1 Å². The minimum atomic E-state index is 0.171. The third-order valence-corrected chi connectivity index (χ3v) is 3.05. The molecule has 0 spiro atoms. The monoisotopic (exact) mass is 223 g/mol. The molecule has 3 heteroatoms. The van der Waals surface area contributed by atoms with Gasteiger partial charge < -0.3 is 5.32 Å². The summed E-state index contributed by atoms with van der Waals surface area (Å²) in [5, 5.41) is 3.89. The molecule has 1 N–H and O–H groups in total. The first-order valence-electron chi connectivity index (χ1n) is 5.28. The molecule has 0 amide bonds. The van der Waals surface area contributed by atoms with Crippen molar-refractivity contribution < 1.29 is 4.79 Å². The van der Waals surface area contributed by atoms with Gasteiger partial charge >= 0.3 is 0 Å². The topological polar surface area (TPSA) is 29.1 Å². The van der Waals surface area contributed by atoms with Crippen molar-refractivity contribution in [1.29, 1.82) is 0 Å². The Bertz CT molecular complexity index is 358. The molecule has 1 aromatic rings. The van der Waals surface area contributed by atoms with Crippen LogP contribution in [0.15, 0.2) is 24.3 Å². The molecule has 0 aromatic heterocycles. The first-order chi connectivity index (χ1) is 7.27. The number of carbonyl (C=O) groups excluding carboxylic acids is 1. The molecular formula is C12H14ClNO. The number of nitrogens with one attached hydrogen (secondary N) is 1. The van der Waals surface area contributed by atoms with Crippen LogP contribution in [0.1, 0.15) is 23.2 Å². The molecule has 0 saturated carbocycles. The Hall–Kier alpha value is -0.860. The molecule has 2 rings (SSSR count). The third-order valence-electron chi connectivity index (χ3n) is 2.82. The van der Waals surface area contributed by atoms with Crippen LogP contribution in [-0.2, 0) is 0 Å². The van der Waals surface area contributed by atoms with E-state index in [9.17, 15) is 4.79 Å².